The van der Waals surface area contributed by atoms with Gasteiger partial charge < -0.3 is 19.7 Å². The van der Waals surface area contributed by atoms with E-state index in [-0.39, 0.29) is 22.6 Å². The molecule has 2 fully saturated rings. The maximum Gasteiger partial charge on any atom is 0.265 e. The van der Waals surface area contributed by atoms with Crippen molar-refractivity contribution in [2.45, 2.75) is 37.7 Å². The monoisotopic (exact) mass is 437 g/mol. The molecular weight excluding hydrogens is 410 g/mol. The minimum atomic E-state index is -3.74. The molecule has 1 N–H and O–H groups in total. The molecule has 0 spiro atoms. The lowest BCUT2D eigenvalue weighted by Crippen LogP contribution is -2.47. The Morgan fingerprint density at radius 1 is 1.13 bits per heavy atom. The van der Waals surface area contributed by atoms with E-state index in [1.807, 2.05) is 4.90 Å². The Kier molecular flexibility index (Phi) is 5.73. The van der Waals surface area contributed by atoms with E-state index in [2.05, 4.69) is 5.32 Å². The number of benzene rings is 1. The number of ether oxygens (including phenoxy) is 2. The molecule has 10 heteroatoms. The first kappa shape index (κ1) is 21.1. The van der Waals surface area contributed by atoms with Crippen LogP contribution in [-0.2, 0) is 24.3 Å². The van der Waals surface area contributed by atoms with Crippen LogP contribution in [0.25, 0.3) is 0 Å². The normalized spacial score (nSPS) is 23.5. The first-order valence-corrected chi connectivity index (χ1v) is 11.7. The van der Waals surface area contributed by atoms with Crippen LogP contribution in [0.1, 0.15) is 25.3 Å². The van der Waals surface area contributed by atoms with Gasteiger partial charge in [0.15, 0.2) is 6.10 Å². The SMILES string of the molecule is Cc1cc2c(cc1S(=O)(=O)N1CCC(C(=O)N3CCOCC3)CC1)O[C@H](C)C(=O)N2. The number of fused-ring (bicyclic) bond motifs is 1. The van der Waals surface area contributed by atoms with Crippen molar-refractivity contribution in [3.63, 3.8) is 0 Å². The average Bonchev–Trinajstić information content (AvgIpc) is 2.74. The molecule has 3 aliphatic rings. The van der Waals surface area contributed by atoms with Crippen molar-refractivity contribution in [1.82, 2.24) is 9.21 Å². The van der Waals surface area contributed by atoms with Gasteiger partial charge in [-0.2, -0.15) is 4.31 Å². The number of amides is 2. The Hall–Kier alpha value is -2.17. The average molecular weight is 438 g/mol. The molecule has 3 aliphatic heterocycles. The van der Waals surface area contributed by atoms with Crippen LogP contribution in [0.2, 0.25) is 0 Å². The summed E-state index contributed by atoms with van der Waals surface area (Å²) in [5.41, 5.74) is 1.02. The molecule has 1 atom stereocenters. The molecule has 30 heavy (non-hydrogen) atoms. The van der Waals surface area contributed by atoms with E-state index in [0.29, 0.717) is 69.2 Å². The summed E-state index contributed by atoms with van der Waals surface area (Å²) in [4.78, 5) is 26.5. The topological polar surface area (TPSA) is 105 Å². The predicted molar refractivity (Wildman–Crippen MR) is 109 cm³/mol. The zero-order valence-corrected chi connectivity index (χ0v) is 18.0. The van der Waals surface area contributed by atoms with Crippen LogP contribution >= 0.6 is 0 Å². The number of morpholine rings is 1. The van der Waals surface area contributed by atoms with Crippen LogP contribution < -0.4 is 10.1 Å². The number of nitrogens with zero attached hydrogens (tertiary/aromatic N) is 2. The fraction of sp³-hybridized carbons (Fsp3) is 0.600. The number of nitrogens with one attached hydrogen (secondary N) is 1. The highest BCUT2D eigenvalue weighted by Gasteiger charge is 2.36. The van der Waals surface area contributed by atoms with Gasteiger partial charge in [-0.1, -0.05) is 0 Å². The third kappa shape index (κ3) is 3.91. The maximum absolute atomic E-state index is 13.3. The van der Waals surface area contributed by atoms with Crippen LogP contribution in [0.15, 0.2) is 17.0 Å². The minimum Gasteiger partial charge on any atom is -0.479 e. The Morgan fingerprint density at radius 3 is 2.47 bits per heavy atom. The third-order valence-electron chi connectivity index (χ3n) is 5.95. The number of piperidine rings is 1. The Bertz CT molecular complexity index is 950. The summed E-state index contributed by atoms with van der Waals surface area (Å²) in [6.45, 7) is 6.21. The van der Waals surface area contributed by atoms with E-state index in [9.17, 15) is 18.0 Å². The van der Waals surface area contributed by atoms with Crippen LogP contribution in [0, 0.1) is 12.8 Å². The van der Waals surface area contributed by atoms with Crippen LogP contribution in [0.5, 0.6) is 5.75 Å². The molecule has 0 aromatic heterocycles. The molecule has 0 saturated carbocycles. The molecule has 4 rings (SSSR count). The maximum atomic E-state index is 13.3. The van der Waals surface area contributed by atoms with Gasteiger partial charge in [-0.25, -0.2) is 8.42 Å². The van der Waals surface area contributed by atoms with Gasteiger partial charge in [0, 0.05) is 38.2 Å². The summed E-state index contributed by atoms with van der Waals surface area (Å²) in [7, 11) is -3.74. The van der Waals surface area contributed by atoms with E-state index >= 15 is 0 Å². The molecule has 2 saturated heterocycles. The fourth-order valence-electron chi connectivity index (χ4n) is 4.14. The van der Waals surface area contributed by atoms with Crippen molar-refractivity contribution < 1.29 is 27.5 Å². The lowest BCUT2D eigenvalue weighted by atomic mass is 9.96. The van der Waals surface area contributed by atoms with Gasteiger partial charge in [-0.15, -0.1) is 0 Å². The Balaban J connectivity index is 1.48. The van der Waals surface area contributed by atoms with Gasteiger partial charge >= 0.3 is 0 Å². The van der Waals surface area contributed by atoms with Crippen molar-refractivity contribution in [2.75, 3.05) is 44.7 Å². The minimum absolute atomic E-state index is 0.0958. The number of sulfonamides is 1. The molecule has 0 radical (unpaired) electrons. The molecular formula is C20H27N3O6S. The largest absolute Gasteiger partial charge is 0.479 e. The number of hydrogen-bond acceptors (Lipinski definition) is 6. The second kappa shape index (κ2) is 8.16. The summed E-state index contributed by atoms with van der Waals surface area (Å²) >= 11 is 0. The van der Waals surface area contributed by atoms with E-state index in [1.165, 1.54) is 10.4 Å². The number of anilines is 1. The summed E-state index contributed by atoms with van der Waals surface area (Å²) in [6.07, 6.45) is 0.323. The summed E-state index contributed by atoms with van der Waals surface area (Å²) in [6, 6.07) is 3.11. The number of rotatable bonds is 3. The van der Waals surface area contributed by atoms with Crippen LogP contribution in [0.4, 0.5) is 5.69 Å². The molecule has 0 aliphatic carbocycles. The molecule has 2 amide bonds. The molecule has 1 aromatic rings. The van der Waals surface area contributed by atoms with Crippen molar-refractivity contribution >= 4 is 27.5 Å². The fourth-order valence-corrected chi connectivity index (χ4v) is 5.84. The van der Waals surface area contributed by atoms with E-state index in [4.69, 9.17) is 9.47 Å². The first-order valence-electron chi connectivity index (χ1n) is 10.3. The predicted octanol–water partition coefficient (Wildman–Crippen LogP) is 0.974. The van der Waals surface area contributed by atoms with Crippen molar-refractivity contribution in [3.8, 4) is 5.75 Å². The third-order valence-corrected chi connectivity index (χ3v) is 7.99. The quantitative estimate of drug-likeness (QED) is 0.756. The molecule has 9 nitrogen and oxygen atoms in total. The van der Waals surface area contributed by atoms with Gasteiger partial charge in [0.1, 0.15) is 5.75 Å². The highest BCUT2D eigenvalue weighted by Crippen LogP contribution is 2.36. The molecule has 1 aromatic carbocycles. The van der Waals surface area contributed by atoms with Gasteiger partial charge in [0.2, 0.25) is 15.9 Å². The lowest BCUT2D eigenvalue weighted by molar-refractivity contribution is -0.140. The zero-order valence-electron chi connectivity index (χ0n) is 17.2. The number of carbonyl (C=O) groups is 2. The number of aryl methyl sites for hydroxylation is 1. The van der Waals surface area contributed by atoms with Crippen molar-refractivity contribution in [1.29, 1.82) is 0 Å². The molecule has 0 bridgehead atoms. The van der Waals surface area contributed by atoms with Crippen LogP contribution in [0.3, 0.4) is 0 Å². The van der Waals surface area contributed by atoms with Crippen molar-refractivity contribution in [2.24, 2.45) is 5.92 Å². The van der Waals surface area contributed by atoms with E-state index in [1.54, 1.807) is 19.9 Å². The van der Waals surface area contributed by atoms with Gasteiger partial charge in [0.25, 0.3) is 5.91 Å². The number of hydrogen-bond donors (Lipinski definition) is 1. The van der Waals surface area contributed by atoms with E-state index in [0.717, 1.165) is 0 Å². The van der Waals surface area contributed by atoms with Gasteiger partial charge in [0.05, 0.1) is 23.8 Å². The van der Waals surface area contributed by atoms with E-state index < -0.39 is 16.1 Å². The summed E-state index contributed by atoms with van der Waals surface area (Å²) in [5.74, 6) is 0.0326. The standard InChI is InChI=1S/C20H27N3O6S/c1-13-11-16-17(29-14(2)19(24)21-16)12-18(13)30(26,27)23-5-3-15(4-6-23)20(25)22-7-9-28-10-8-22/h11-12,14-15H,3-10H2,1-2H3,(H,21,24)/t14-/m1/s1. The Labute approximate surface area is 176 Å². The zero-order chi connectivity index (χ0) is 21.5. The second-order valence-corrected chi connectivity index (χ2v) is 9.89. The highest BCUT2D eigenvalue weighted by atomic mass is 32.2. The van der Waals surface area contributed by atoms with Gasteiger partial charge in [-0.3, -0.25) is 9.59 Å². The summed E-state index contributed by atoms with van der Waals surface area (Å²) in [5, 5.41) is 2.73. The smallest absolute Gasteiger partial charge is 0.265 e. The first-order chi connectivity index (χ1) is 14.3. The number of carbonyl (C=O) groups excluding carboxylic acids is 2. The van der Waals surface area contributed by atoms with Crippen LogP contribution in [-0.4, -0.2) is 74.9 Å². The highest BCUT2D eigenvalue weighted by molar-refractivity contribution is 7.89. The molecule has 164 valence electrons. The van der Waals surface area contributed by atoms with Gasteiger partial charge in [-0.05, 0) is 38.3 Å². The van der Waals surface area contributed by atoms with Crippen molar-refractivity contribution in [3.05, 3.63) is 17.7 Å². The Morgan fingerprint density at radius 2 is 1.80 bits per heavy atom. The molecule has 0 unspecified atom stereocenters. The summed E-state index contributed by atoms with van der Waals surface area (Å²) < 4.78 is 38.9. The lowest BCUT2D eigenvalue weighted by Gasteiger charge is -2.35. The second-order valence-electron chi connectivity index (χ2n) is 7.98. The molecule has 3 heterocycles.